The molecule has 138 valence electrons. The highest BCUT2D eigenvalue weighted by molar-refractivity contribution is 6.43. The molecule has 26 heavy (non-hydrogen) atoms. The van der Waals surface area contributed by atoms with Crippen LogP contribution < -0.4 is 20.1 Å². The predicted molar refractivity (Wildman–Crippen MR) is 95.3 cm³/mol. The molecule has 0 saturated carbocycles. The minimum absolute atomic E-state index is 0.0901. The van der Waals surface area contributed by atoms with E-state index in [-0.39, 0.29) is 26.4 Å². The Kier molecular flexibility index (Phi) is 7.41. The first-order chi connectivity index (χ1) is 12.6. The van der Waals surface area contributed by atoms with E-state index in [0.29, 0.717) is 22.9 Å². The van der Waals surface area contributed by atoms with Crippen molar-refractivity contribution in [3.8, 4) is 11.5 Å². The molecule has 2 rings (SSSR count). The highest BCUT2D eigenvalue weighted by atomic mass is 16.5. The van der Waals surface area contributed by atoms with Crippen LogP contribution in [0.5, 0.6) is 11.5 Å². The quantitative estimate of drug-likeness (QED) is 0.522. The Morgan fingerprint density at radius 3 is 1.35 bits per heavy atom. The Morgan fingerprint density at radius 2 is 1.04 bits per heavy atom. The molecule has 8 heteroatoms. The lowest BCUT2D eigenvalue weighted by Gasteiger charge is -2.09. The van der Waals surface area contributed by atoms with Crippen LogP contribution in [0, 0.1) is 0 Å². The van der Waals surface area contributed by atoms with Gasteiger partial charge in [-0.05, 0) is 48.5 Å². The Labute approximate surface area is 150 Å². The number of ether oxygens (including phenoxy) is 2. The van der Waals surface area contributed by atoms with Gasteiger partial charge >= 0.3 is 11.8 Å². The predicted octanol–water partition coefficient (Wildman–Crippen LogP) is 1.01. The lowest BCUT2D eigenvalue weighted by molar-refractivity contribution is -0.132. The third-order valence-corrected chi connectivity index (χ3v) is 3.15. The lowest BCUT2D eigenvalue weighted by Crippen LogP contribution is -2.29. The summed E-state index contributed by atoms with van der Waals surface area (Å²) in [6.45, 7) is 0.177. The molecule has 0 aliphatic rings. The molecule has 0 unspecified atom stereocenters. The van der Waals surface area contributed by atoms with Gasteiger partial charge in [0.2, 0.25) is 0 Å². The zero-order chi connectivity index (χ0) is 18.8. The number of hydrogen-bond acceptors (Lipinski definition) is 6. The van der Waals surface area contributed by atoms with E-state index in [0.717, 1.165) is 0 Å². The van der Waals surface area contributed by atoms with Gasteiger partial charge in [-0.25, -0.2) is 0 Å². The highest BCUT2D eigenvalue weighted by Crippen LogP contribution is 2.17. The van der Waals surface area contributed by atoms with E-state index >= 15 is 0 Å². The minimum atomic E-state index is -0.811. The molecule has 4 N–H and O–H groups in total. The molecule has 2 amide bonds. The number of aliphatic hydroxyl groups is 2. The highest BCUT2D eigenvalue weighted by Gasteiger charge is 2.14. The molecule has 0 radical (unpaired) electrons. The van der Waals surface area contributed by atoms with Gasteiger partial charge in [0.15, 0.2) is 0 Å². The van der Waals surface area contributed by atoms with E-state index in [1.807, 2.05) is 0 Å². The smallest absolute Gasteiger partial charge is 0.314 e. The summed E-state index contributed by atoms with van der Waals surface area (Å²) in [7, 11) is 0. The zero-order valence-corrected chi connectivity index (χ0v) is 14.0. The van der Waals surface area contributed by atoms with Crippen molar-refractivity contribution in [2.75, 3.05) is 37.1 Å². The summed E-state index contributed by atoms with van der Waals surface area (Å²) in [6, 6.07) is 12.8. The maximum atomic E-state index is 11.9. The Hall–Kier alpha value is -3.10. The van der Waals surface area contributed by atoms with Gasteiger partial charge in [0, 0.05) is 11.4 Å². The maximum Gasteiger partial charge on any atom is 0.314 e. The monoisotopic (exact) mass is 360 g/mol. The number of rotatable bonds is 8. The van der Waals surface area contributed by atoms with Crippen LogP contribution in [0.2, 0.25) is 0 Å². The van der Waals surface area contributed by atoms with Crippen LogP contribution in [0.3, 0.4) is 0 Å². The molecule has 2 aromatic rings. The Bertz CT molecular complexity index is 652. The van der Waals surface area contributed by atoms with E-state index in [4.69, 9.17) is 19.7 Å². The number of amides is 2. The van der Waals surface area contributed by atoms with Crippen LogP contribution in [0.25, 0.3) is 0 Å². The summed E-state index contributed by atoms with van der Waals surface area (Å²) in [5.41, 5.74) is 0.878. The molecule has 0 spiro atoms. The summed E-state index contributed by atoms with van der Waals surface area (Å²) >= 11 is 0. The van der Waals surface area contributed by atoms with Gasteiger partial charge < -0.3 is 30.3 Å². The van der Waals surface area contributed by atoms with Crippen LogP contribution in [0.4, 0.5) is 11.4 Å². The fourth-order valence-electron chi connectivity index (χ4n) is 1.97. The molecule has 8 nitrogen and oxygen atoms in total. The summed E-state index contributed by atoms with van der Waals surface area (Å²) in [5, 5.41) is 22.3. The third kappa shape index (κ3) is 6.08. The van der Waals surface area contributed by atoms with Crippen LogP contribution >= 0.6 is 0 Å². The maximum absolute atomic E-state index is 11.9. The SMILES string of the molecule is O=C(Nc1ccc(OCCO)cc1)C(=O)Nc1ccc(OCCO)cc1. The van der Waals surface area contributed by atoms with E-state index in [1.54, 1.807) is 48.5 Å². The average molecular weight is 360 g/mol. The number of carbonyl (C=O) groups is 2. The number of carbonyl (C=O) groups excluding carboxylic acids is 2. The molecule has 0 bridgehead atoms. The van der Waals surface area contributed by atoms with Crippen LogP contribution in [-0.4, -0.2) is 48.5 Å². The van der Waals surface area contributed by atoms with Gasteiger partial charge in [0.05, 0.1) is 13.2 Å². The Balaban J connectivity index is 1.86. The van der Waals surface area contributed by atoms with E-state index in [2.05, 4.69) is 10.6 Å². The lowest BCUT2D eigenvalue weighted by atomic mass is 10.3. The molecule has 0 aliphatic carbocycles. The zero-order valence-electron chi connectivity index (χ0n) is 14.0. The normalized spacial score (nSPS) is 10.1. The van der Waals surface area contributed by atoms with Crippen molar-refractivity contribution >= 4 is 23.2 Å². The fraction of sp³-hybridized carbons (Fsp3) is 0.222. The topological polar surface area (TPSA) is 117 Å². The van der Waals surface area contributed by atoms with Crippen molar-refractivity contribution in [3.63, 3.8) is 0 Å². The van der Waals surface area contributed by atoms with Crippen LogP contribution in [-0.2, 0) is 9.59 Å². The van der Waals surface area contributed by atoms with Crippen LogP contribution in [0.1, 0.15) is 0 Å². The first-order valence-corrected chi connectivity index (χ1v) is 7.92. The second kappa shape index (κ2) is 10.0. The average Bonchev–Trinajstić information content (AvgIpc) is 2.67. The number of anilines is 2. The van der Waals surface area contributed by atoms with Crippen LogP contribution in [0.15, 0.2) is 48.5 Å². The van der Waals surface area contributed by atoms with Gasteiger partial charge in [0.25, 0.3) is 0 Å². The first kappa shape index (κ1) is 19.2. The fourth-order valence-corrected chi connectivity index (χ4v) is 1.97. The molecule has 0 heterocycles. The minimum Gasteiger partial charge on any atom is -0.491 e. The summed E-state index contributed by atoms with van der Waals surface area (Å²) in [4.78, 5) is 23.9. The molecule has 0 aromatic heterocycles. The number of benzene rings is 2. The summed E-state index contributed by atoms with van der Waals surface area (Å²) in [5.74, 6) is -0.528. The molecule has 0 saturated heterocycles. The van der Waals surface area contributed by atoms with E-state index in [1.165, 1.54) is 0 Å². The van der Waals surface area contributed by atoms with Gasteiger partial charge in [-0.2, -0.15) is 0 Å². The number of nitrogens with one attached hydrogen (secondary N) is 2. The van der Waals surface area contributed by atoms with Crippen molar-refractivity contribution < 1.29 is 29.3 Å². The second-order valence-corrected chi connectivity index (χ2v) is 5.10. The molecule has 0 fully saturated rings. The van der Waals surface area contributed by atoms with Crippen molar-refractivity contribution in [1.82, 2.24) is 0 Å². The van der Waals surface area contributed by atoms with Crippen molar-refractivity contribution in [3.05, 3.63) is 48.5 Å². The van der Waals surface area contributed by atoms with Gasteiger partial charge in [0.1, 0.15) is 24.7 Å². The summed E-state index contributed by atoms with van der Waals surface area (Å²) in [6.07, 6.45) is 0. The molecular formula is C18H20N2O6. The van der Waals surface area contributed by atoms with Gasteiger partial charge in [-0.1, -0.05) is 0 Å². The first-order valence-electron chi connectivity index (χ1n) is 7.92. The van der Waals surface area contributed by atoms with Crippen molar-refractivity contribution in [2.24, 2.45) is 0 Å². The van der Waals surface area contributed by atoms with E-state index < -0.39 is 11.8 Å². The number of aliphatic hydroxyl groups excluding tert-OH is 2. The van der Waals surface area contributed by atoms with Gasteiger partial charge in [-0.15, -0.1) is 0 Å². The van der Waals surface area contributed by atoms with Crippen molar-refractivity contribution in [1.29, 1.82) is 0 Å². The van der Waals surface area contributed by atoms with Gasteiger partial charge in [-0.3, -0.25) is 9.59 Å². The third-order valence-electron chi connectivity index (χ3n) is 3.15. The second-order valence-electron chi connectivity index (χ2n) is 5.10. The molecule has 0 aliphatic heterocycles. The standard InChI is InChI=1S/C18H20N2O6/c21-9-11-25-15-5-1-13(2-6-15)19-17(23)18(24)20-14-3-7-16(8-4-14)26-12-10-22/h1-8,21-22H,9-12H2,(H,19,23)(H,20,24). The molecule has 0 atom stereocenters. The van der Waals surface area contributed by atoms with E-state index in [9.17, 15) is 9.59 Å². The molecule has 2 aromatic carbocycles. The number of hydrogen-bond donors (Lipinski definition) is 4. The Morgan fingerprint density at radius 1 is 0.692 bits per heavy atom. The van der Waals surface area contributed by atoms with Crippen molar-refractivity contribution in [2.45, 2.75) is 0 Å². The molecular weight excluding hydrogens is 340 g/mol. The summed E-state index contributed by atoms with van der Waals surface area (Å²) < 4.78 is 10.4. The largest absolute Gasteiger partial charge is 0.491 e.